The number of amides is 1. The second kappa shape index (κ2) is 3.43. The van der Waals surface area contributed by atoms with Crippen LogP contribution < -0.4 is 5.73 Å². The normalized spacial score (nSPS) is 9.80. The van der Waals surface area contributed by atoms with Crippen LogP contribution in [0.4, 0.5) is 0 Å². The van der Waals surface area contributed by atoms with E-state index in [0.29, 0.717) is 11.1 Å². The Hall–Kier alpha value is -2.34. The van der Waals surface area contributed by atoms with Crippen molar-refractivity contribution in [2.24, 2.45) is 5.73 Å². The molecule has 0 aliphatic heterocycles. The van der Waals surface area contributed by atoms with Crippen LogP contribution in [0.25, 0.3) is 10.8 Å². The first-order valence-corrected chi connectivity index (χ1v) is 4.44. The van der Waals surface area contributed by atoms with Gasteiger partial charge in [0, 0.05) is 5.56 Å². The molecule has 2 aromatic rings. The Morgan fingerprint density at radius 1 is 1.13 bits per heavy atom. The van der Waals surface area contributed by atoms with Gasteiger partial charge in [-0.15, -0.1) is 0 Å². The number of fused-ring (bicyclic) bond motifs is 1. The number of benzene rings is 2. The number of carbonyl (C=O) groups is 1. The summed E-state index contributed by atoms with van der Waals surface area (Å²) < 4.78 is 0. The van der Waals surface area contributed by atoms with E-state index in [2.05, 4.69) is 6.07 Å². The molecule has 2 rings (SSSR count). The molecule has 0 radical (unpaired) electrons. The Morgan fingerprint density at radius 2 is 1.80 bits per heavy atom. The molecule has 0 bridgehead atoms. The summed E-state index contributed by atoms with van der Waals surface area (Å²) in [5.41, 5.74) is 6.25. The first-order valence-electron chi connectivity index (χ1n) is 4.44. The molecule has 0 spiro atoms. The molecule has 0 aliphatic carbocycles. The maximum Gasteiger partial charge on any atom is 0.248 e. The molecule has 0 fully saturated rings. The molecular weight excluding hydrogens is 188 g/mol. The predicted octanol–water partition coefficient (Wildman–Crippen LogP) is 1.81. The third kappa shape index (κ3) is 1.65. The molecule has 0 aliphatic rings. The number of hydrogen-bond acceptors (Lipinski definition) is 2. The minimum Gasteiger partial charge on any atom is -0.366 e. The maximum atomic E-state index is 10.9. The fraction of sp³-hybridized carbons (Fsp3) is 0. The molecule has 3 heteroatoms. The summed E-state index contributed by atoms with van der Waals surface area (Å²) in [4.78, 5) is 10.9. The van der Waals surface area contributed by atoms with Gasteiger partial charge >= 0.3 is 0 Å². The standard InChI is InChI=1S/C12H8N2O/c13-7-8-1-2-10-6-11(12(14)15)4-3-9(10)5-8/h1-6H,(H2,14,15). The lowest BCUT2D eigenvalue weighted by Gasteiger charge is -2.00. The van der Waals surface area contributed by atoms with Crippen LogP contribution in [0.2, 0.25) is 0 Å². The van der Waals surface area contributed by atoms with E-state index < -0.39 is 5.91 Å². The molecule has 0 saturated heterocycles. The number of nitrogens with two attached hydrogens (primary N) is 1. The summed E-state index contributed by atoms with van der Waals surface area (Å²) in [7, 11) is 0. The van der Waals surface area contributed by atoms with Crippen molar-refractivity contribution >= 4 is 16.7 Å². The van der Waals surface area contributed by atoms with Gasteiger partial charge in [0.05, 0.1) is 11.6 Å². The van der Waals surface area contributed by atoms with Gasteiger partial charge in [0.15, 0.2) is 0 Å². The summed E-state index contributed by atoms with van der Waals surface area (Å²) in [6.07, 6.45) is 0. The molecule has 72 valence electrons. The van der Waals surface area contributed by atoms with Crippen LogP contribution in [0, 0.1) is 11.3 Å². The van der Waals surface area contributed by atoms with E-state index in [1.807, 2.05) is 0 Å². The highest BCUT2D eigenvalue weighted by molar-refractivity contribution is 5.97. The van der Waals surface area contributed by atoms with Crippen molar-refractivity contribution in [1.82, 2.24) is 0 Å². The summed E-state index contributed by atoms with van der Waals surface area (Å²) in [6, 6.07) is 12.5. The van der Waals surface area contributed by atoms with Crippen LogP contribution in [0.15, 0.2) is 36.4 Å². The van der Waals surface area contributed by atoms with Crippen molar-refractivity contribution in [2.75, 3.05) is 0 Å². The highest BCUT2D eigenvalue weighted by Crippen LogP contribution is 2.17. The summed E-state index contributed by atoms with van der Waals surface area (Å²) in [5.74, 6) is -0.443. The van der Waals surface area contributed by atoms with Crippen LogP contribution in [0.5, 0.6) is 0 Å². The Kier molecular flexibility index (Phi) is 2.11. The number of carbonyl (C=O) groups excluding carboxylic acids is 1. The second-order valence-electron chi connectivity index (χ2n) is 3.25. The van der Waals surface area contributed by atoms with Crippen LogP contribution >= 0.6 is 0 Å². The van der Waals surface area contributed by atoms with E-state index >= 15 is 0 Å². The Balaban J connectivity index is 2.66. The van der Waals surface area contributed by atoms with E-state index in [9.17, 15) is 4.79 Å². The lowest BCUT2D eigenvalue weighted by Crippen LogP contribution is -2.10. The van der Waals surface area contributed by atoms with Crippen LogP contribution in [0.1, 0.15) is 15.9 Å². The Bertz CT molecular complexity index is 582. The Morgan fingerprint density at radius 3 is 2.47 bits per heavy atom. The molecule has 3 nitrogen and oxygen atoms in total. The van der Waals surface area contributed by atoms with Gasteiger partial charge in [-0.3, -0.25) is 4.79 Å². The third-order valence-corrected chi connectivity index (χ3v) is 2.25. The third-order valence-electron chi connectivity index (χ3n) is 2.25. The highest BCUT2D eigenvalue weighted by atomic mass is 16.1. The monoisotopic (exact) mass is 196 g/mol. The zero-order chi connectivity index (χ0) is 10.8. The van der Waals surface area contributed by atoms with E-state index in [1.165, 1.54) is 0 Å². The lowest BCUT2D eigenvalue weighted by atomic mass is 10.0. The first kappa shape index (κ1) is 9.22. The van der Waals surface area contributed by atoms with Gasteiger partial charge < -0.3 is 5.73 Å². The van der Waals surface area contributed by atoms with E-state index in [1.54, 1.807) is 36.4 Å². The van der Waals surface area contributed by atoms with Crippen molar-refractivity contribution in [2.45, 2.75) is 0 Å². The van der Waals surface area contributed by atoms with Gasteiger partial charge in [-0.05, 0) is 35.0 Å². The fourth-order valence-corrected chi connectivity index (χ4v) is 1.47. The highest BCUT2D eigenvalue weighted by Gasteiger charge is 2.01. The van der Waals surface area contributed by atoms with Crippen LogP contribution in [-0.2, 0) is 0 Å². The average Bonchev–Trinajstić information content (AvgIpc) is 2.27. The molecule has 0 saturated carbocycles. The minimum atomic E-state index is -0.443. The van der Waals surface area contributed by atoms with Gasteiger partial charge in [-0.25, -0.2) is 0 Å². The molecule has 0 heterocycles. The minimum absolute atomic E-state index is 0.443. The molecule has 2 aromatic carbocycles. The zero-order valence-corrected chi connectivity index (χ0v) is 7.90. The van der Waals surface area contributed by atoms with Gasteiger partial charge in [0.1, 0.15) is 0 Å². The van der Waals surface area contributed by atoms with Crippen LogP contribution in [-0.4, -0.2) is 5.91 Å². The quantitative estimate of drug-likeness (QED) is 0.755. The summed E-state index contributed by atoms with van der Waals surface area (Å²) >= 11 is 0. The number of primary amides is 1. The average molecular weight is 196 g/mol. The van der Waals surface area contributed by atoms with Crippen molar-refractivity contribution in [3.05, 3.63) is 47.5 Å². The van der Waals surface area contributed by atoms with E-state index in [-0.39, 0.29) is 0 Å². The lowest BCUT2D eigenvalue weighted by molar-refractivity contribution is 0.100. The SMILES string of the molecule is N#Cc1ccc2cc(C(N)=O)ccc2c1. The van der Waals surface area contributed by atoms with Gasteiger partial charge in [0.2, 0.25) is 5.91 Å². The number of hydrogen-bond donors (Lipinski definition) is 1. The summed E-state index contributed by atoms with van der Waals surface area (Å²) in [6.45, 7) is 0. The van der Waals surface area contributed by atoms with E-state index in [4.69, 9.17) is 11.0 Å². The van der Waals surface area contributed by atoms with Crippen molar-refractivity contribution < 1.29 is 4.79 Å². The number of rotatable bonds is 1. The number of nitriles is 1. The molecule has 2 N–H and O–H groups in total. The molecule has 1 amide bonds. The molecular formula is C12H8N2O. The molecule has 0 unspecified atom stereocenters. The van der Waals surface area contributed by atoms with Gasteiger partial charge in [-0.2, -0.15) is 5.26 Å². The maximum absolute atomic E-state index is 10.9. The van der Waals surface area contributed by atoms with E-state index in [0.717, 1.165) is 10.8 Å². The molecule has 0 atom stereocenters. The predicted molar refractivity (Wildman–Crippen MR) is 57.2 cm³/mol. The number of nitrogens with zero attached hydrogens (tertiary/aromatic N) is 1. The van der Waals surface area contributed by atoms with Crippen LogP contribution in [0.3, 0.4) is 0 Å². The molecule has 0 aromatic heterocycles. The second-order valence-corrected chi connectivity index (χ2v) is 3.25. The van der Waals surface area contributed by atoms with Gasteiger partial charge in [-0.1, -0.05) is 12.1 Å². The van der Waals surface area contributed by atoms with Crippen molar-refractivity contribution in [1.29, 1.82) is 5.26 Å². The van der Waals surface area contributed by atoms with Gasteiger partial charge in [0.25, 0.3) is 0 Å². The Labute approximate surface area is 86.7 Å². The van der Waals surface area contributed by atoms with Crippen molar-refractivity contribution in [3.63, 3.8) is 0 Å². The molecule has 15 heavy (non-hydrogen) atoms. The fourth-order valence-electron chi connectivity index (χ4n) is 1.47. The summed E-state index contributed by atoms with van der Waals surface area (Å²) in [5, 5.41) is 10.6. The first-order chi connectivity index (χ1) is 7.20. The zero-order valence-electron chi connectivity index (χ0n) is 7.90. The topological polar surface area (TPSA) is 66.9 Å². The van der Waals surface area contributed by atoms with Crippen molar-refractivity contribution in [3.8, 4) is 6.07 Å². The largest absolute Gasteiger partial charge is 0.366 e. The smallest absolute Gasteiger partial charge is 0.248 e.